The first-order valence-corrected chi connectivity index (χ1v) is 7.76. The SMILES string of the molecule is CCC1(C(=O)O)CCCN(C(=O)c2ccc(N)c(Br)c2)C1. The Morgan fingerprint density at radius 1 is 1.48 bits per heavy atom. The monoisotopic (exact) mass is 354 g/mol. The molecule has 0 aliphatic carbocycles. The van der Waals surface area contributed by atoms with Crippen LogP contribution in [0.4, 0.5) is 5.69 Å². The van der Waals surface area contributed by atoms with Crippen LogP contribution in [-0.4, -0.2) is 35.0 Å². The van der Waals surface area contributed by atoms with Gasteiger partial charge in [0.25, 0.3) is 5.91 Å². The second-order valence-corrected chi connectivity index (χ2v) is 6.36. The molecule has 6 heteroatoms. The molecule has 1 amide bonds. The molecule has 0 saturated carbocycles. The van der Waals surface area contributed by atoms with Crippen molar-refractivity contribution in [2.24, 2.45) is 5.41 Å². The maximum Gasteiger partial charge on any atom is 0.311 e. The van der Waals surface area contributed by atoms with E-state index < -0.39 is 11.4 Å². The van der Waals surface area contributed by atoms with E-state index in [4.69, 9.17) is 5.73 Å². The van der Waals surface area contributed by atoms with Crippen LogP contribution in [0.2, 0.25) is 0 Å². The lowest BCUT2D eigenvalue weighted by Gasteiger charge is -2.39. The number of carbonyl (C=O) groups is 2. The Balaban J connectivity index is 2.22. The van der Waals surface area contributed by atoms with E-state index in [2.05, 4.69) is 15.9 Å². The number of carboxylic acid groups (broad SMARTS) is 1. The molecule has 0 aromatic heterocycles. The Bertz CT molecular complexity index is 576. The summed E-state index contributed by atoms with van der Waals surface area (Å²) in [6.07, 6.45) is 1.85. The van der Waals surface area contributed by atoms with Crippen LogP contribution < -0.4 is 5.73 Å². The molecular weight excluding hydrogens is 336 g/mol. The van der Waals surface area contributed by atoms with Gasteiger partial charge in [-0.25, -0.2) is 0 Å². The van der Waals surface area contributed by atoms with Gasteiger partial charge in [-0.15, -0.1) is 0 Å². The molecule has 2 rings (SSSR count). The number of halogens is 1. The van der Waals surface area contributed by atoms with Gasteiger partial charge in [0.2, 0.25) is 0 Å². The molecule has 114 valence electrons. The highest BCUT2D eigenvalue weighted by molar-refractivity contribution is 9.10. The number of aliphatic carboxylic acids is 1. The fourth-order valence-electron chi connectivity index (χ4n) is 2.76. The molecular formula is C15H19BrN2O3. The summed E-state index contributed by atoms with van der Waals surface area (Å²) in [6.45, 7) is 2.72. The average molecular weight is 355 g/mol. The van der Waals surface area contributed by atoms with Crippen LogP contribution in [-0.2, 0) is 4.79 Å². The van der Waals surface area contributed by atoms with Crippen LogP contribution in [0.5, 0.6) is 0 Å². The van der Waals surface area contributed by atoms with Gasteiger partial charge in [-0.2, -0.15) is 0 Å². The topological polar surface area (TPSA) is 83.6 Å². The first-order chi connectivity index (χ1) is 9.89. The molecule has 1 fully saturated rings. The summed E-state index contributed by atoms with van der Waals surface area (Å²) in [5, 5.41) is 9.48. The van der Waals surface area contributed by atoms with E-state index in [0.29, 0.717) is 41.5 Å². The first-order valence-electron chi connectivity index (χ1n) is 6.97. The van der Waals surface area contributed by atoms with Crippen LogP contribution >= 0.6 is 15.9 Å². The summed E-state index contributed by atoms with van der Waals surface area (Å²) in [4.78, 5) is 25.7. The number of hydrogen-bond acceptors (Lipinski definition) is 3. The fraction of sp³-hybridized carbons (Fsp3) is 0.467. The predicted molar refractivity (Wildman–Crippen MR) is 84.1 cm³/mol. The molecule has 1 aromatic rings. The molecule has 0 spiro atoms. The molecule has 3 N–H and O–H groups in total. The van der Waals surface area contributed by atoms with Crippen molar-refractivity contribution in [3.8, 4) is 0 Å². The van der Waals surface area contributed by atoms with Crippen molar-refractivity contribution in [2.45, 2.75) is 26.2 Å². The number of carbonyl (C=O) groups excluding carboxylic acids is 1. The second-order valence-electron chi connectivity index (χ2n) is 5.51. The number of carboxylic acids is 1. The van der Waals surface area contributed by atoms with E-state index in [-0.39, 0.29) is 12.5 Å². The van der Waals surface area contributed by atoms with E-state index in [1.165, 1.54) is 0 Å². The van der Waals surface area contributed by atoms with Crippen molar-refractivity contribution in [3.63, 3.8) is 0 Å². The molecule has 1 atom stereocenters. The second kappa shape index (κ2) is 6.05. The molecule has 5 nitrogen and oxygen atoms in total. The predicted octanol–water partition coefficient (Wildman–Crippen LogP) is 2.75. The number of benzene rings is 1. The number of nitrogens with two attached hydrogens (primary N) is 1. The minimum Gasteiger partial charge on any atom is -0.481 e. The van der Waals surface area contributed by atoms with Crippen molar-refractivity contribution in [1.29, 1.82) is 0 Å². The highest BCUT2D eigenvalue weighted by atomic mass is 79.9. The average Bonchev–Trinajstić information content (AvgIpc) is 2.49. The van der Waals surface area contributed by atoms with E-state index >= 15 is 0 Å². The van der Waals surface area contributed by atoms with Crippen LogP contribution in [0.3, 0.4) is 0 Å². The van der Waals surface area contributed by atoms with Gasteiger partial charge in [0.15, 0.2) is 0 Å². The minimum atomic E-state index is -0.820. The third kappa shape index (κ3) is 3.05. The van der Waals surface area contributed by atoms with Crippen LogP contribution in [0.25, 0.3) is 0 Å². The fourth-order valence-corrected chi connectivity index (χ4v) is 3.14. The largest absolute Gasteiger partial charge is 0.481 e. The Morgan fingerprint density at radius 3 is 2.76 bits per heavy atom. The number of hydrogen-bond donors (Lipinski definition) is 2. The first kappa shape index (κ1) is 15.8. The summed E-state index contributed by atoms with van der Waals surface area (Å²) in [6, 6.07) is 5.03. The number of anilines is 1. The third-order valence-corrected chi connectivity index (χ3v) is 4.93. The van der Waals surface area contributed by atoms with Gasteiger partial charge < -0.3 is 15.7 Å². The Hall–Kier alpha value is -1.56. The molecule has 1 saturated heterocycles. The van der Waals surface area contributed by atoms with Crippen molar-refractivity contribution in [1.82, 2.24) is 4.90 Å². The lowest BCUT2D eigenvalue weighted by Crippen LogP contribution is -2.49. The Morgan fingerprint density at radius 2 is 2.19 bits per heavy atom. The third-order valence-electron chi connectivity index (χ3n) is 4.24. The molecule has 0 bridgehead atoms. The zero-order valence-electron chi connectivity index (χ0n) is 11.9. The van der Waals surface area contributed by atoms with Crippen molar-refractivity contribution in [3.05, 3.63) is 28.2 Å². The highest BCUT2D eigenvalue weighted by Gasteiger charge is 2.42. The van der Waals surface area contributed by atoms with Gasteiger partial charge >= 0.3 is 5.97 Å². The molecule has 1 aliphatic rings. The van der Waals surface area contributed by atoms with Crippen LogP contribution in [0, 0.1) is 5.41 Å². The van der Waals surface area contributed by atoms with E-state index in [9.17, 15) is 14.7 Å². The zero-order chi connectivity index (χ0) is 15.6. The Labute approximate surface area is 132 Å². The molecule has 1 aromatic carbocycles. The molecule has 1 unspecified atom stereocenters. The smallest absolute Gasteiger partial charge is 0.311 e. The van der Waals surface area contributed by atoms with E-state index in [1.807, 2.05) is 6.92 Å². The van der Waals surface area contributed by atoms with Crippen molar-refractivity contribution < 1.29 is 14.7 Å². The van der Waals surface area contributed by atoms with Crippen LogP contribution in [0.1, 0.15) is 36.5 Å². The van der Waals surface area contributed by atoms with Gasteiger partial charge in [-0.05, 0) is 53.4 Å². The summed E-state index contributed by atoms with van der Waals surface area (Å²) in [5.74, 6) is -0.963. The number of piperidine rings is 1. The zero-order valence-corrected chi connectivity index (χ0v) is 13.5. The van der Waals surface area contributed by atoms with Crippen molar-refractivity contribution >= 4 is 33.5 Å². The number of nitrogen functional groups attached to an aromatic ring is 1. The van der Waals surface area contributed by atoms with Gasteiger partial charge in [0, 0.05) is 28.8 Å². The van der Waals surface area contributed by atoms with E-state index in [0.717, 1.165) is 0 Å². The highest BCUT2D eigenvalue weighted by Crippen LogP contribution is 2.34. The Kier molecular flexibility index (Phi) is 4.56. The lowest BCUT2D eigenvalue weighted by atomic mass is 9.77. The number of nitrogens with zero attached hydrogens (tertiary/aromatic N) is 1. The van der Waals surface area contributed by atoms with Gasteiger partial charge in [-0.3, -0.25) is 9.59 Å². The van der Waals surface area contributed by atoms with Gasteiger partial charge in [0.1, 0.15) is 0 Å². The number of likely N-dealkylation sites (tertiary alicyclic amines) is 1. The van der Waals surface area contributed by atoms with E-state index in [1.54, 1.807) is 23.1 Å². The molecule has 1 aliphatic heterocycles. The molecule has 1 heterocycles. The number of rotatable bonds is 3. The molecule has 21 heavy (non-hydrogen) atoms. The maximum absolute atomic E-state index is 12.6. The van der Waals surface area contributed by atoms with Gasteiger partial charge in [-0.1, -0.05) is 6.92 Å². The summed E-state index contributed by atoms with van der Waals surface area (Å²) >= 11 is 3.31. The summed E-state index contributed by atoms with van der Waals surface area (Å²) < 4.78 is 0.672. The summed E-state index contributed by atoms with van der Waals surface area (Å²) in [5.41, 5.74) is 5.99. The standard InChI is InChI=1S/C15H19BrN2O3/c1-2-15(14(20)21)6-3-7-18(9-15)13(19)10-4-5-12(17)11(16)8-10/h4-5,8H,2-3,6-7,9,17H2,1H3,(H,20,21). The maximum atomic E-state index is 12.6. The minimum absolute atomic E-state index is 0.144. The summed E-state index contributed by atoms with van der Waals surface area (Å²) in [7, 11) is 0. The quantitative estimate of drug-likeness (QED) is 0.817. The number of amides is 1. The van der Waals surface area contributed by atoms with Crippen LogP contribution in [0.15, 0.2) is 22.7 Å². The lowest BCUT2D eigenvalue weighted by molar-refractivity contribution is -0.152. The normalized spacial score (nSPS) is 22.1. The van der Waals surface area contributed by atoms with Gasteiger partial charge in [0.05, 0.1) is 5.41 Å². The van der Waals surface area contributed by atoms with Crippen molar-refractivity contribution in [2.75, 3.05) is 18.8 Å². The molecule has 0 radical (unpaired) electrons.